The fourth-order valence-electron chi connectivity index (χ4n) is 1.94. The lowest BCUT2D eigenvalue weighted by Gasteiger charge is -2.11. The van der Waals surface area contributed by atoms with Crippen molar-refractivity contribution < 1.29 is 4.39 Å². The molecule has 4 heteroatoms. The minimum Gasteiger partial charge on any atom is -0.314 e. The van der Waals surface area contributed by atoms with E-state index in [0.29, 0.717) is 15.5 Å². The van der Waals surface area contributed by atoms with E-state index in [2.05, 4.69) is 21.2 Å². The van der Waals surface area contributed by atoms with Gasteiger partial charge in [-0.2, -0.15) is 0 Å². The summed E-state index contributed by atoms with van der Waals surface area (Å²) in [6.45, 7) is 1.07. The maximum Gasteiger partial charge on any atom is 0.139 e. The normalized spacial score (nSPS) is 20.9. The molecule has 1 unspecified atom stereocenters. The highest BCUT2D eigenvalue weighted by Gasteiger charge is 2.16. The van der Waals surface area contributed by atoms with Gasteiger partial charge in [0.1, 0.15) is 5.82 Å². The molecule has 0 saturated carbocycles. The smallest absolute Gasteiger partial charge is 0.139 e. The summed E-state index contributed by atoms with van der Waals surface area (Å²) >= 11 is 9.00. The van der Waals surface area contributed by atoms with Gasteiger partial charge in [-0.1, -0.05) is 11.6 Å². The minimum absolute atomic E-state index is 0.282. The predicted molar refractivity (Wildman–Crippen MR) is 63.8 cm³/mol. The number of benzene rings is 1. The van der Waals surface area contributed by atoms with Crippen LogP contribution in [0.15, 0.2) is 16.6 Å². The lowest BCUT2D eigenvalue weighted by molar-refractivity contribution is 0.591. The zero-order valence-electron chi connectivity index (χ0n) is 8.19. The second-order valence-corrected chi connectivity index (χ2v) is 5.07. The van der Waals surface area contributed by atoms with E-state index in [0.717, 1.165) is 24.9 Å². The fourth-order valence-corrected chi connectivity index (χ4v) is 2.40. The SMILES string of the molecule is Fc1cc(CC2CCCN2)cc(Cl)c1Br. The number of nitrogens with one attached hydrogen (secondary N) is 1. The quantitative estimate of drug-likeness (QED) is 0.822. The summed E-state index contributed by atoms with van der Waals surface area (Å²) in [6, 6.07) is 3.85. The van der Waals surface area contributed by atoms with E-state index in [-0.39, 0.29) is 5.82 Å². The Labute approximate surface area is 102 Å². The molecular formula is C11H12BrClFN. The van der Waals surface area contributed by atoms with Crippen molar-refractivity contribution in [2.45, 2.75) is 25.3 Å². The van der Waals surface area contributed by atoms with Gasteiger partial charge in [0.15, 0.2) is 0 Å². The summed E-state index contributed by atoms with van der Waals surface area (Å²) in [5.41, 5.74) is 0.958. The van der Waals surface area contributed by atoms with Crippen LogP contribution in [0.5, 0.6) is 0 Å². The van der Waals surface area contributed by atoms with E-state index in [1.807, 2.05) is 6.07 Å². The van der Waals surface area contributed by atoms with Crippen LogP contribution in [0.3, 0.4) is 0 Å². The zero-order chi connectivity index (χ0) is 10.8. The van der Waals surface area contributed by atoms with Crippen molar-refractivity contribution in [3.8, 4) is 0 Å². The van der Waals surface area contributed by atoms with Gasteiger partial charge < -0.3 is 5.32 Å². The maximum atomic E-state index is 13.4. The van der Waals surface area contributed by atoms with Crippen LogP contribution in [0.4, 0.5) is 4.39 Å². The highest BCUT2D eigenvalue weighted by atomic mass is 79.9. The van der Waals surface area contributed by atoms with Crippen molar-refractivity contribution in [3.05, 3.63) is 33.0 Å². The van der Waals surface area contributed by atoms with Crippen LogP contribution in [-0.2, 0) is 6.42 Å². The lowest BCUT2D eigenvalue weighted by Crippen LogP contribution is -2.23. The molecule has 0 radical (unpaired) electrons. The molecule has 1 aromatic rings. The van der Waals surface area contributed by atoms with Gasteiger partial charge in [-0.25, -0.2) is 4.39 Å². The first kappa shape index (κ1) is 11.4. The summed E-state index contributed by atoms with van der Waals surface area (Å²) < 4.78 is 13.7. The second-order valence-electron chi connectivity index (χ2n) is 3.87. The number of rotatable bonds is 2. The Morgan fingerprint density at radius 1 is 1.53 bits per heavy atom. The van der Waals surface area contributed by atoms with E-state index in [1.165, 1.54) is 6.42 Å². The van der Waals surface area contributed by atoms with Crippen LogP contribution in [0, 0.1) is 5.82 Å². The average Bonchev–Trinajstić information content (AvgIpc) is 2.66. The second kappa shape index (κ2) is 4.81. The first-order chi connectivity index (χ1) is 7.16. The van der Waals surface area contributed by atoms with E-state index >= 15 is 0 Å². The molecule has 0 amide bonds. The molecule has 82 valence electrons. The van der Waals surface area contributed by atoms with E-state index < -0.39 is 0 Å². The zero-order valence-corrected chi connectivity index (χ0v) is 10.5. The highest BCUT2D eigenvalue weighted by Crippen LogP contribution is 2.27. The van der Waals surface area contributed by atoms with Crippen LogP contribution in [0.25, 0.3) is 0 Å². The third-order valence-corrected chi connectivity index (χ3v) is 4.02. The topological polar surface area (TPSA) is 12.0 Å². The fraction of sp³-hybridized carbons (Fsp3) is 0.455. The van der Waals surface area contributed by atoms with Gasteiger partial charge >= 0.3 is 0 Å². The van der Waals surface area contributed by atoms with Gasteiger partial charge in [0.2, 0.25) is 0 Å². The lowest BCUT2D eigenvalue weighted by atomic mass is 10.0. The van der Waals surface area contributed by atoms with Crippen LogP contribution in [0.2, 0.25) is 5.02 Å². The number of hydrogen-bond acceptors (Lipinski definition) is 1. The number of halogens is 3. The summed E-state index contributed by atoms with van der Waals surface area (Å²) in [5, 5.41) is 3.83. The molecule has 1 aromatic carbocycles. The third kappa shape index (κ3) is 2.71. The molecule has 1 fully saturated rings. The van der Waals surface area contributed by atoms with Gasteiger partial charge in [0.25, 0.3) is 0 Å². The molecule has 0 aliphatic carbocycles. The third-order valence-electron chi connectivity index (χ3n) is 2.69. The summed E-state index contributed by atoms with van der Waals surface area (Å²) in [6.07, 6.45) is 3.22. The molecule has 1 aliphatic heterocycles. The largest absolute Gasteiger partial charge is 0.314 e. The number of hydrogen-bond donors (Lipinski definition) is 1. The molecule has 0 aromatic heterocycles. The summed E-state index contributed by atoms with van der Waals surface area (Å²) in [4.78, 5) is 0. The molecule has 0 spiro atoms. The highest BCUT2D eigenvalue weighted by molar-refractivity contribution is 9.10. The van der Waals surface area contributed by atoms with Crippen LogP contribution in [-0.4, -0.2) is 12.6 Å². The van der Waals surface area contributed by atoms with Crippen molar-refractivity contribution >= 4 is 27.5 Å². The Morgan fingerprint density at radius 2 is 2.33 bits per heavy atom. The average molecular weight is 293 g/mol. The van der Waals surface area contributed by atoms with Crippen molar-refractivity contribution in [2.75, 3.05) is 6.54 Å². The van der Waals surface area contributed by atoms with Crippen molar-refractivity contribution in [1.82, 2.24) is 5.32 Å². The maximum absolute atomic E-state index is 13.4. The molecule has 1 heterocycles. The van der Waals surface area contributed by atoms with E-state index in [4.69, 9.17) is 11.6 Å². The van der Waals surface area contributed by atoms with E-state index in [1.54, 1.807) is 6.07 Å². The van der Waals surface area contributed by atoms with Crippen LogP contribution < -0.4 is 5.32 Å². The van der Waals surface area contributed by atoms with Gasteiger partial charge in [-0.3, -0.25) is 0 Å². The summed E-state index contributed by atoms with van der Waals surface area (Å²) in [5.74, 6) is -0.282. The molecule has 1 aliphatic rings. The van der Waals surface area contributed by atoms with Crippen molar-refractivity contribution in [3.63, 3.8) is 0 Å². The molecule has 15 heavy (non-hydrogen) atoms. The Kier molecular flexibility index (Phi) is 3.65. The first-order valence-corrected chi connectivity index (χ1v) is 6.20. The molecule has 1 nitrogen and oxygen atoms in total. The van der Waals surface area contributed by atoms with E-state index in [9.17, 15) is 4.39 Å². The minimum atomic E-state index is -0.282. The predicted octanol–water partition coefficient (Wildman–Crippen LogP) is 3.54. The Hall–Kier alpha value is -0.120. The van der Waals surface area contributed by atoms with Crippen molar-refractivity contribution in [2.24, 2.45) is 0 Å². The Balaban J connectivity index is 2.14. The molecule has 0 bridgehead atoms. The van der Waals surface area contributed by atoms with Gasteiger partial charge in [0.05, 0.1) is 9.50 Å². The standard InChI is InChI=1S/C11H12BrClFN/c12-11-9(13)5-7(6-10(11)14)4-8-2-1-3-15-8/h5-6,8,15H,1-4H2. The first-order valence-electron chi connectivity index (χ1n) is 5.03. The molecule has 1 saturated heterocycles. The Bertz CT molecular complexity index is 341. The molecular weight excluding hydrogens is 280 g/mol. The van der Waals surface area contributed by atoms with Gasteiger partial charge in [0, 0.05) is 6.04 Å². The summed E-state index contributed by atoms with van der Waals surface area (Å²) in [7, 11) is 0. The van der Waals surface area contributed by atoms with Gasteiger partial charge in [-0.15, -0.1) is 0 Å². The van der Waals surface area contributed by atoms with Crippen molar-refractivity contribution in [1.29, 1.82) is 0 Å². The monoisotopic (exact) mass is 291 g/mol. The van der Waals surface area contributed by atoms with Crippen LogP contribution >= 0.6 is 27.5 Å². The van der Waals surface area contributed by atoms with Gasteiger partial charge in [-0.05, 0) is 59.4 Å². The van der Waals surface area contributed by atoms with Crippen LogP contribution in [0.1, 0.15) is 18.4 Å². The Morgan fingerprint density at radius 3 is 2.93 bits per heavy atom. The molecule has 2 rings (SSSR count). The molecule has 1 N–H and O–H groups in total. The molecule has 1 atom stereocenters.